The van der Waals surface area contributed by atoms with Gasteiger partial charge >= 0.3 is 5.97 Å². The van der Waals surface area contributed by atoms with Crippen molar-refractivity contribution in [1.29, 1.82) is 0 Å². The van der Waals surface area contributed by atoms with Gasteiger partial charge in [-0.1, -0.05) is 13.0 Å². The molecule has 1 amide bonds. The van der Waals surface area contributed by atoms with Gasteiger partial charge in [-0.15, -0.1) is 0 Å². The molecule has 1 rings (SSSR count). The molecule has 0 spiro atoms. The smallest absolute Gasteiger partial charge is 0.317 e. The molecule has 5 heteroatoms. The lowest BCUT2D eigenvalue weighted by Crippen LogP contribution is -2.40. The Morgan fingerprint density at radius 2 is 2.12 bits per heavy atom. The number of carboxylic acids is 1. The Balaban J connectivity index is 2.48. The number of carbonyl (C=O) groups is 2. The van der Waals surface area contributed by atoms with E-state index >= 15 is 0 Å². The minimum absolute atomic E-state index is 0.0405. The van der Waals surface area contributed by atoms with Crippen LogP contribution in [0.2, 0.25) is 0 Å². The van der Waals surface area contributed by atoms with Crippen LogP contribution in [0.3, 0.4) is 0 Å². The normalized spacial score (nSPS) is 14.9. The summed E-state index contributed by atoms with van der Waals surface area (Å²) in [4.78, 5) is 25.8. The fraction of sp³-hybridized carbons (Fsp3) is 0.667. The SMILES string of the molecule is CCN(CC(=O)O)CC(=O)N(C)C1=CCCC1. The number of nitrogens with zero attached hydrogens (tertiary/aromatic N) is 2. The number of likely N-dealkylation sites (N-methyl/N-ethyl adjacent to an activating group) is 2. The van der Waals surface area contributed by atoms with E-state index in [0.29, 0.717) is 6.54 Å². The summed E-state index contributed by atoms with van der Waals surface area (Å²) in [6.07, 6.45) is 5.14. The standard InChI is InChI=1S/C12H20N2O3/c1-3-14(9-12(16)17)8-11(15)13(2)10-6-4-5-7-10/h6H,3-5,7-9H2,1-2H3,(H,16,17). The summed E-state index contributed by atoms with van der Waals surface area (Å²) in [5, 5.41) is 8.70. The van der Waals surface area contributed by atoms with Crippen molar-refractivity contribution in [2.45, 2.75) is 26.2 Å². The van der Waals surface area contributed by atoms with Crippen LogP contribution in [-0.4, -0.2) is 53.5 Å². The van der Waals surface area contributed by atoms with Gasteiger partial charge in [0.1, 0.15) is 0 Å². The molecule has 0 aromatic rings. The molecular formula is C12H20N2O3. The fourth-order valence-electron chi connectivity index (χ4n) is 1.89. The van der Waals surface area contributed by atoms with Gasteiger partial charge in [-0.25, -0.2) is 0 Å². The zero-order valence-electron chi connectivity index (χ0n) is 10.5. The Bertz CT molecular complexity index is 326. The van der Waals surface area contributed by atoms with Gasteiger partial charge in [-0.05, 0) is 25.8 Å². The Hall–Kier alpha value is -1.36. The third-order valence-corrected chi connectivity index (χ3v) is 2.99. The lowest BCUT2D eigenvalue weighted by Gasteiger charge is -2.23. The first-order valence-electron chi connectivity index (χ1n) is 5.94. The van der Waals surface area contributed by atoms with Crippen LogP contribution in [0.1, 0.15) is 26.2 Å². The zero-order valence-corrected chi connectivity index (χ0v) is 10.5. The van der Waals surface area contributed by atoms with Gasteiger partial charge < -0.3 is 10.0 Å². The van der Waals surface area contributed by atoms with Crippen LogP contribution >= 0.6 is 0 Å². The Kier molecular flexibility index (Phi) is 5.15. The molecule has 1 aliphatic carbocycles. The molecule has 5 nitrogen and oxygen atoms in total. The number of rotatable bonds is 6. The van der Waals surface area contributed by atoms with Gasteiger partial charge in [0.05, 0.1) is 13.1 Å². The van der Waals surface area contributed by atoms with E-state index < -0.39 is 5.97 Å². The highest BCUT2D eigenvalue weighted by Crippen LogP contribution is 2.20. The number of carbonyl (C=O) groups excluding carboxylic acids is 1. The summed E-state index contributed by atoms with van der Waals surface area (Å²) < 4.78 is 0. The van der Waals surface area contributed by atoms with E-state index in [9.17, 15) is 9.59 Å². The van der Waals surface area contributed by atoms with Crippen molar-refractivity contribution in [2.24, 2.45) is 0 Å². The predicted octanol–water partition coefficient (Wildman–Crippen LogP) is 0.919. The lowest BCUT2D eigenvalue weighted by atomic mass is 10.3. The molecule has 1 N–H and O–H groups in total. The minimum atomic E-state index is -0.901. The molecule has 0 unspecified atom stereocenters. The van der Waals surface area contributed by atoms with E-state index in [4.69, 9.17) is 5.11 Å². The van der Waals surface area contributed by atoms with Crippen LogP contribution in [0.15, 0.2) is 11.8 Å². The third kappa shape index (κ3) is 4.19. The van der Waals surface area contributed by atoms with Crippen LogP contribution in [0.25, 0.3) is 0 Å². The second-order valence-electron chi connectivity index (χ2n) is 4.24. The largest absolute Gasteiger partial charge is 0.480 e. The van der Waals surface area contributed by atoms with Gasteiger partial charge in [0.2, 0.25) is 5.91 Å². The monoisotopic (exact) mass is 240 g/mol. The molecule has 96 valence electrons. The second-order valence-corrected chi connectivity index (χ2v) is 4.24. The molecule has 0 radical (unpaired) electrons. The van der Waals surface area contributed by atoms with Gasteiger partial charge in [0.25, 0.3) is 0 Å². The molecule has 0 saturated carbocycles. The average molecular weight is 240 g/mol. The number of hydrogen-bond donors (Lipinski definition) is 1. The zero-order chi connectivity index (χ0) is 12.8. The fourth-order valence-corrected chi connectivity index (χ4v) is 1.89. The van der Waals surface area contributed by atoms with E-state index in [1.54, 1.807) is 16.8 Å². The van der Waals surface area contributed by atoms with Crippen molar-refractivity contribution >= 4 is 11.9 Å². The van der Waals surface area contributed by atoms with E-state index in [2.05, 4.69) is 6.08 Å². The third-order valence-electron chi connectivity index (χ3n) is 2.99. The molecule has 0 aromatic carbocycles. The van der Waals surface area contributed by atoms with Crippen LogP contribution < -0.4 is 0 Å². The van der Waals surface area contributed by atoms with E-state index in [0.717, 1.165) is 25.0 Å². The lowest BCUT2D eigenvalue weighted by molar-refractivity contribution is -0.139. The van der Waals surface area contributed by atoms with E-state index in [1.807, 2.05) is 6.92 Å². The molecule has 0 aliphatic heterocycles. The summed E-state index contributed by atoms with van der Waals surface area (Å²) in [6, 6.07) is 0. The molecule has 17 heavy (non-hydrogen) atoms. The molecule has 0 fully saturated rings. The highest BCUT2D eigenvalue weighted by Gasteiger charge is 2.19. The molecule has 1 aliphatic rings. The minimum Gasteiger partial charge on any atom is -0.480 e. The Morgan fingerprint density at radius 1 is 1.41 bits per heavy atom. The van der Waals surface area contributed by atoms with Crippen molar-refractivity contribution in [1.82, 2.24) is 9.80 Å². The van der Waals surface area contributed by atoms with Gasteiger partial charge in [-0.2, -0.15) is 0 Å². The summed E-state index contributed by atoms with van der Waals surface area (Å²) in [6.45, 7) is 2.49. The average Bonchev–Trinajstić information content (AvgIpc) is 2.79. The summed E-state index contributed by atoms with van der Waals surface area (Å²) >= 11 is 0. The maximum Gasteiger partial charge on any atom is 0.317 e. The molecule has 0 aromatic heterocycles. The topological polar surface area (TPSA) is 60.9 Å². The molecular weight excluding hydrogens is 220 g/mol. The molecule has 0 saturated heterocycles. The maximum atomic E-state index is 11.9. The van der Waals surface area contributed by atoms with Gasteiger partial charge in [0.15, 0.2) is 0 Å². The maximum absolute atomic E-state index is 11.9. The quantitative estimate of drug-likeness (QED) is 0.750. The van der Waals surface area contributed by atoms with Crippen LogP contribution in [0.4, 0.5) is 0 Å². The first kappa shape index (κ1) is 13.7. The van der Waals surface area contributed by atoms with Crippen LogP contribution in [0.5, 0.6) is 0 Å². The van der Waals surface area contributed by atoms with Crippen LogP contribution in [0, 0.1) is 0 Å². The van der Waals surface area contributed by atoms with Crippen molar-refractivity contribution in [3.63, 3.8) is 0 Å². The number of allylic oxidation sites excluding steroid dienone is 2. The highest BCUT2D eigenvalue weighted by molar-refractivity contribution is 5.80. The second kappa shape index (κ2) is 6.39. The van der Waals surface area contributed by atoms with E-state index in [1.165, 1.54) is 0 Å². The van der Waals surface area contributed by atoms with Crippen molar-refractivity contribution < 1.29 is 14.7 Å². The number of hydrogen-bond acceptors (Lipinski definition) is 3. The molecule has 0 heterocycles. The predicted molar refractivity (Wildman–Crippen MR) is 64.5 cm³/mol. The van der Waals surface area contributed by atoms with Gasteiger partial charge in [-0.3, -0.25) is 14.5 Å². The number of carboxylic acid groups (broad SMARTS) is 1. The first-order chi connectivity index (χ1) is 8.04. The molecule has 0 atom stereocenters. The summed E-state index contributed by atoms with van der Waals surface area (Å²) in [5.74, 6) is -0.941. The van der Waals surface area contributed by atoms with Crippen LogP contribution in [-0.2, 0) is 9.59 Å². The van der Waals surface area contributed by atoms with Crippen molar-refractivity contribution in [3.05, 3.63) is 11.8 Å². The highest BCUT2D eigenvalue weighted by atomic mass is 16.4. The number of amides is 1. The Morgan fingerprint density at radius 3 is 2.59 bits per heavy atom. The number of aliphatic carboxylic acids is 1. The van der Waals surface area contributed by atoms with Gasteiger partial charge in [0, 0.05) is 12.7 Å². The summed E-state index contributed by atoms with van der Waals surface area (Å²) in [7, 11) is 1.76. The van der Waals surface area contributed by atoms with Crippen molar-refractivity contribution in [3.8, 4) is 0 Å². The molecule has 0 bridgehead atoms. The Labute approximate surface area is 102 Å². The van der Waals surface area contributed by atoms with E-state index in [-0.39, 0.29) is 19.0 Å². The summed E-state index contributed by atoms with van der Waals surface area (Å²) in [5.41, 5.74) is 1.06. The first-order valence-corrected chi connectivity index (χ1v) is 5.94. The van der Waals surface area contributed by atoms with Crippen molar-refractivity contribution in [2.75, 3.05) is 26.7 Å².